The van der Waals surface area contributed by atoms with E-state index in [1.165, 1.54) is 31.4 Å². The Hall–Kier alpha value is -4.46. The molecule has 0 aromatic heterocycles. The van der Waals surface area contributed by atoms with E-state index in [9.17, 15) is 19.7 Å². The van der Waals surface area contributed by atoms with E-state index >= 15 is 0 Å². The first-order chi connectivity index (χ1) is 16.2. The van der Waals surface area contributed by atoms with Gasteiger partial charge >= 0.3 is 0 Å². The molecule has 0 saturated carbocycles. The van der Waals surface area contributed by atoms with Gasteiger partial charge in [0.15, 0.2) is 0 Å². The first kappa shape index (κ1) is 22.7. The average molecular weight is 457 g/mol. The zero-order valence-electron chi connectivity index (χ0n) is 19.2. The fourth-order valence-corrected chi connectivity index (χ4v) is 3.91. The fraction of sp³-hybridized carbons (Fsp3) is 0.154. The largest absolute Gasteiger partial charge is 0.495 e. The number of nitro groups is 1. The number of carbonyl (C=O) groups is 2. The number of ether oxygens (including phenoxy) is 1. The normalized spacial score (nSPS) is 13.5. The number of non-ortho nitro benzene ring substituents is 1. The van der Waals surface area contributed by atoms with E-state index in [1.807, 2.05) is 39.0 Å². The molecule has 0 spiro atoms. The number of hydrogen-bond donors (Lipinski definition) is 1. The first-order valence-corrected chi connectivity index (χ1v) is 10.6. The van der Waals surface area contributed by atoms with Gasteiger partial charge in [0.2, 0.25) is 0 Å². The summed E-state index contributed by atoms with van der Waals surface area (Å²) >= 11 is 0. The van der Waals surface area contributed by atoms with Gasteiger partial charge in [-0.15, -0.1) is 0 Å². The summed E-state index contributed by atoms with van der Waals surface area (Å²) < 4.78 is 5.43. The average Bonchev–Trinajstić information content (AvgIpc) is 3.05. The predicted octanol–water partition coefficient (Wildman–Crippen LogP) is 4.93. The molecule has 34 heavy (non-hydrogen) atoms. The molecule has 0 aliphatic carbocycles. The highest BCUT2D eigenvalue weighted by molar-refractivity contribution is 6.46. The number of hydrogen-bond acceptors (Lipinski definition) is 6. The van der Waals surface area contributed by atoms with Gasteiger partial charge in [-0.25, -0.2) is 4.90 Å². The summed E-state index contributed by atoms with van der Waals surface area (Å²) in [4.78, 5) is 39.1. The number of rotatable bonds is 6. The molecule has 8 heteroatoms. The van der Waals surface area contributed by atoms with Crippen molar-refractivity contribution in [3.05, 3.63) is 98.7 Å². The minimum absolute atomic E-state index is 0.0728. The van der Waals surface area contributed by atoms with Crippen molar-refractivity contribution in [2.45, 2.75) is 20.8 Å². The maximum absolute atomic E-state index is 13.7. The van der Waals surface area contributed by atoms with Gasteiger partial charge in [-0.05, 0) is 73.4 Å². The molecule has 2 amide bonds. The van der Waals surface area contributed by atoms with Crippen LogP contribution in [0.1, 0.15) is 22.3 Å². The monoisotopic (exact) mass is 457 g/mol. The van der Waals surface area contributed by atoms with Crippen molar-refractivity contribution in [1.29, 1.82) is 0 Å². The van der Waals surface area contributed by atoms with Crippen LogP contribution in [-0.2, 0) is 9.59 Å². The fourth-order valence-electron chi connectivity index (χ4n) is 3.91. The van der Waals surface area contributed by atoms with E-state index in [2.05, 4.69) is 5.32 Å². The molecule has 0 unspecified atom stereocenters. The summed E-state index contributed by atoms with van der Waals surface area (Å²) in [6.45, 7) is 5.66. The van der Waals surface area contributed by atoms with Crippen molar-refractivity contribution in [3.8, 4) is 5.75 Å². The molecule has 4 rings (SSSR count). The van der Waals surface area contributed by atoms with E-state index in [0.717, 1.165) is 21.6 Å². The van der Waals surface area contributed by atoms with E-state index in [-0.39, 0.29) is 17.0 Å². The van der Waals surface area contributed by atoms with Crippen LogP contribution < -0.4 is 15.0 Å². The lowest BCUT2D eigenvalue weighted by atomic mass is 10.0. The summed E-state index contributed by atoms with van der Waals surface area (Å²) in [5.41, 5.74) is 4.19. The van der Waals surface area contributed by atoms with Gasteiger partial charge in [0.05, 0.1) is 29.0 Å². The molecule has 3 aromatic carbocycles. The van der Waals surface area contributed by atoms with Crippen molar-refractivity contribution in [2.75, 3.05) is 17.3 Å². The highest BCUT2D eigenvalue weighted by atomic mass is 16.6. The molecule has 0 atom stereocenters. The Morgan fingerprint density at radius 2 is 1.65 bits per heavy atom. The molecule has 8 nitrogen and oxygen atoms in total. The summed E-state index contributed by atoms with van der Waals surface area (Å²) in [5.74, 6) is -0.524. The van der Waals surface area contributed by atoms with Gasteiger partial charge in [-0.2, -0.15) is 0 Å². The van der Waals surface area contributed by atoms with Crippen LogP contribution in [0, 0.1) is 30.9 Å². The van der Waals surface area contributed by atoms with Crippen LogP contribution in [0.15, 0.2) is 66.4 Å². The van der Waals surface area contributed by atoms with Crippen LogP contribution in [0.4, 0.5) is 17.1 Å². The smallest absolute Gasteiger partial charge is 0.282 e. The van der Waals surface area contributed by atoms with Gasteiger partial charge in [-0.1, -0.05) is 18.2 Å². The second-order valence-electron chi connectivity index (χ2n) is 8.05. The molecule has 1 N–H and O–H groups in total. The molecular formula is C26H23N3O5. The van der Waals surface area contributed by atoms with Crippen LogP contribution in [0.3, 0.4) is 0 Å². The highest BCUT2D eigenvalue weighted by Crippen LogP contribution is 2.37. The van der Waals surface area contributed by atoms with Crippen molar-refractivity contribution in [1.82, 2.24) is 0 Å². The predicted molar refractivity (Wildman–Crippen MR) is 130 cm³/mol. The van der Waals surface area contributed by atoms with Crippen LogP contribution >= 0.6 is 0 Å². The number of carbonyl (C=O) groups excluding carboxylic acids is 2. The number of nitrogens with one attached hydrogen (secondary N) is 1. The van der Waals surface area contributed by atoms with E-state index in [0.29, 0.717) is 22.7 Å². The van der Waals surface area contributed by atoms with Crippen molar-refractivity contribution >= 4 is 34.4 Å². The Balaban J connectivity index is 1.88. The van der Waals surface area contributed by atoms with Gasteiger partial charge in [0, 0.05) is 12.1 Å². The third-order valence-corrected chi connectivity index (χ3v) is 5.88. The van der Waals surface area contributed by atoms with E-state index in [1.54, 1.807) is 18.2 Å². The van der Waals surface area contributed by atoms with Gasteiger partial charge < -0.3 is 10.1 Å². The third kappa shape index (κ3) is 3.90. The molecule has 0 saturated heterocycles. The van der Waals surface area contributed by atoms with Crippen molar-refractivity contribution in [3.63, 3.8) is 0 Å². The number of imide groups is 1. The summed E-state index contributed by atoms with van der Waals surface area (Å²) in [6, 6.07) is 16.5. The Labute approximate surface area is 196 Å². The Morgan fingerprint density at radius 3 is 2.29 bits per heavy atom. The van der Waals surface area contributed by atoms with Crippen LogP contribution in [0.5, 0.6) is 5.75 Å². The Bertz CT molecular complexity index is 1360. The Morgan fingerprint density at radius 1 is 0.941 bits per heavy atom. The number of nitrogens with zero attached hydrogens (tertiary/aromatic N) is 2. The minimum Gasteiger partial charge on any atom is -0.495 e. The Kier molecular flexibility index (Phi) is 5.89. The van der Waals surface area contributed by atoms with Crippen LogP contribution in [0.2, 0.25) is 0 Å². The molecule has 1 heterocycles. The first-order valence-electron chi connectivity index (χ1n) is 10.6. The number of benzene rings is 3. The topological polar surface area (TPSA) is 102 Å². The number of aryl methyl sites for hydroxylation is 2. The number of amides is 2. The van der Waals surface area contributed by atoms with Crippen molar-refractivity contribution in [2.24, 2.45) is 0 Å². The van der Waals surface area contributed by atoms with Crippen molar-refractivity contribution < 1.29 is 19.2 Å². The van der Waals surface area contributed by atoms with E-state index < -0.39 is 16.7 Å². The third-order valence-electron chi connectivity index (χ3n) is 5.88. The maximum atomic E-state index is 13.7. The summed E-state index contributed by atoms with van der Waals surface area (Å²) in [5, 5.41) is 14.2. The van der Waals surface area contributed by atoms with Crippen LogP contribution in [0.25, 0.3) is 5.57 Å². The lowest BCUT2D eigenvalue weighted by Gasteiger charge is -2.19. The zero-order chi connectivity index (χ0) is 24.6. The standard InChI is InChI=1S/C26H23N3O5/c1-15-8-13-22(34-4)20(14-15)27-24-23(18-9-11-19(12-10-18)29(32)33)25(30)28(26(24)31)21-7-5-6-16(2)17(21)3/h5-14,27H,1-4H3. The number of anilines is 2. The number of methoxy groups -OCH3 is 1. The lowest BCUT2D eigenvalue weighted by molar-refractivity contribution is -0.384. The zero-order valence-corrected chi connectivity index (χ0v) is 19.2. The second kappa shape index (κ2) is 8.82. The maximum Gasteiger partial charge on any atom is 0.282 e. The van der Waals surface area contributed by atoms with Gasteiger partial charge in [0.1, 0.15) is 11.4 Å². The molecule has 0 radical (unpaired) electrons. The van der Waals surface area contributed by atoms with E-state index in [4.69, 9.17) is 4.74 Å². The summed E-state index contributed by atoms with van der Waals surface area (Å²) in [6.07, 6.45) is 0. The molecule has 0 fully saturated rings. The van der Waals surface area contributed by atoms with Gasteiger partial charge in [-0.3, -0.25) is 19.7 Å². The molecule has 0 bridgehead atoms. The van der Waals surface area contributed by atoms with Gasteiger partial charge in [0.25, 0.3) is 17.5 Å². The SMILES string of the molecule is COc1ccc(C)cc1NC1=C(c2ccc([N+](=O)[O-])cc2)C(=O)N(c2cccc(C)c2C)C1=O. The summed E-state index contributed by atoms with van der Waals surface area (Å²) in [7, 11) is 1.52. The molecular weight excluding hydrogens is 434 g/mol. The molecule has 1 aliphatic heterocycles. The number of nitro benzene ring substituents is 1. The quantitative estimate of drug-likeness (QED) is 0.320. The molecule has 172 valence electrons. The molecule has 1 aliphatic rings. The highest BCUT2D eigenvalue weighted by Gasteiger charge is 2.41. The lowest BCUT2D eigenvalue weighted by Crippen LogP contribution is -2.33. The minimum atomic E-state index is -0.518. The molecule has 3 aromatic rings. The second-order valence-corrected chi connectivity index (χ2v) is 8.05. The van der Waals surface area contributed by atoms with Crippen LogP contribution in [-0.4, -0.2) is 23.8 Å².